The third-order valence-electron chi connectivity index (χ3n) is 13.4. The number of esters is 1. The molecule has 0 aliphatic carbocycles. The standard InChI is InChI=1S/C51H79N6O15PS3/c1-12-31(4)36(27-41(59)39-16-13-14-22-56(39)10)48(63)57(11)40(30(2)3)28-43(70-33(6)58)47-55-38(29-74-47)46(62)53-35(24-32(5)49(64)65)25-34-18-19-42(71-50(66)72-73(67,68)69)37(26-34)54-45(61)20-21-51(7,8)76-75-23-15-17-44(60)52-9/h18-19,26,29-32,35-36,39-40,43H,12-17,20-25,27-28H2,1-11H3,(H,52,60)(H,53,62)(H,54,61)(H,64,65)(H2,67,68,69)/t31-,32?,35+,36-,39?,40+,43+/m0/s1. The molecule has 21 nitrogen and oxygen atoms in total. The molecule has 7 atom stereocenters. The lowest BCUT2D eigenvalue weighted by molar-refractivity contribution is -0.149. The lowest BCUT2D eigenvalue weighted by Gasteiger charge is -2.37. The quantitative estimate of drug-likeness (QED) is 0.0136. The van der Waals surface area contributed by atoms with E-state index in [1.807, 2.05) is 48.6 Å². The van der Waals surface area contributed by atoms with Gasteiger partial charge in [-0.3, -0.25) is 48.2 Å². The number of amides is 4. The van der Waals surface area contributed by atoms with Crippen molar-refractivity contribution in [3.63, 3.8) is 0 Å². The average Bonchev–Trinajstić information content (AvgIpc) is 3.84. The van der Waals surface area contributed by atoms with Crippen molar-refractivity contribution in [1.29, 1.82) is 0 Å². The number of aliphatic carboxylic acids is 1. The maximum absolute atomic E-state index is 14.4. The van der Waals surface area contributed by atoms with Gasteiger partial charge in [-0.1, -0.05) is 75.1 Å². The first-order valence-corrected chi connectivity index (χ1v) is 30.3. The molecule has 1 aliphatic heterocycles. The molecule has 2 aromatic rings. The molecule has 76 heavy (non-hydrogen) atoms. The summed E-state index contributed by atoms with van der Waals surface area (Å²) in [5.74, 6) is -4.45. The number of aromatic nitrogens is 1. The molecule has 1 fully saturated rings. The van der Waals surface area contributed by atoms with Crippen molar-refractivity contribution in [3.05, 3.63) is 39.8 Å². The molecule has 1 aromatic heterocycles. The van der Waals surface area contributed by atoms with Gasteiger partial charge in [-0.05, 0) is 95.5 Å². The monoisotopic (exact) mass is 1140 g/mol. The highest BCUT2D eigenvalue weighted by atomic mass is 33.1. The number of nitrogens with zero attached hydrogens (tertiary/aromatic N) is 3. The molecule has 4 amide bonds. The number of carboxylic acid groups (broad SMARTS) is 1. The fourth-order valence-corrected chi connectivity index (χ4v) is 12.5. The fraction of sp³-hybridized carbons (Fsp3) is 0.667. The summed E-state index contributed by atoms with van der Waals surface area (Å²) < 4.78 is 26.0. The second kappa shape index (κ2) is 31.1. The van der Waals surface area contributed by atoms with Crippen molar-refractivity contribution in [3.8, 4) is 5.75 Å². The van der Waals surface area contributed by atoms with Gasteiger partial charge in [0.1, 0.15) is 10.7 Å². The van der Waals surface area contributed by atoms with Gasteiger partial charge in [-0.2, -0.15) is 0 Å². The van der Waals surface area contributed by atoms with Crippen LogP contribution in [0.4, 0.5) is 10.5 Å². The van der Waals surface area contributed by atoms with Crippen LogP contribution in [0.2, 0.25) is 0 Å². The maximum atomic E-state index is 14.4. The molecule has 1 aliphatic rings. The first-order valence-electron chi connectivity index (χ1n) is 25.6. The highest BCUT2D eigenvalue weighted by Gasteiger charge is 2.38. The Hall–Kier alpha value is -4.58. The van der Waals surface area contributed by atoms with E-state index in [0.717, 1.165) is 37.1 Å². The number of carbonyl (C=O) groups is 8. The first kappa shape index (κ1) is 65.7. The second-order valence-corrected chi connectivity index (χ2v) is 25.6. The normalized spacial score (nSPS) is 16.5. The van der Waals surface area contributed by atoms with Crippen LogP contribution in [0.3, 0.4) is 0 Å². The van der Waals surface area contributed by atoms with Crippen molar-refractivity contribution in [2.45, 2.75) is 161 Å². The van der Waals surface area contributed by atoms with Crippen LogP contribution >= 0.6 is 40.7 Å². The number of Topliss-reactive ketones (excluding diaryl/α,β-unsaturated/α-hetero) is 1. The summed E-state index contributed by atoms with van der Waals surface area (Å²) in [4.78, 5) is 131. The summed E-state index contributed by atoms with van der Waals surface area (Å²) in [6.45, 7) is 15.3. The number of nitrogens with one attached hydrogen (secondary N) is 3. The molecule has 3 rings (SSSR count). The van der Waals surface area contributed by atoms with Gasteiger partial charge in [0.2, 0.25) is 17.7 Å². The highest BCUT2D eigenvalue weighted by molar-refractivity contribution is 8.77. The van der Waals surface area contributed by atoms with Crippen LogP contribution in [-0.4, -0.2) is 133 Å². The smallest absolute Gasteiger partial charge is 0.481 e. The number of ketones is 1. The zero-order valence-corrected chi connectivity index (χ0v) is 48.9. The summed E-state index contributed by atoms with van der Waals surface area (Å²) in [6.07, 6.45) is 2.32. The van der Waals surface area contributed by atoms with E-state index in [1.165, 1.54) is 37.4 Å². The van der Waals surface area contributed by atoms with Crippen molar-refractivity contribution >= 4 is 93.9 Å². The number of carbonyl (C=O) groups excluding carboxylic acids is 7. The molecule has 6 N–H and O–H groups in total. The predicted molar refractivity (Wildman–Crippen MR) is 293 cm³/mol. The minimum Gasteiger partial charge on any atom is -0.481 e. The number of thiazole rings is 1. The van der Waals surface area contributed by atoms with Gasteiger partial charge in [-0.25, -0.2) is 14.3 Å². The summed E-state index contributed by atoms with van der Waals surface area (Å²) >= 11 is 1.07. The van der Waals surface area contributed by atoms with E-state index in [4.69, 9.17) is 9.47 Å². The fourth-order valence-electron chi connectivity index (χ4n) is 8.76. The number of ether oxygens (including phenoxy) is 2. The number of phosphoric acid groups is 1. The number of rotatable bonds is 31. The van der Waals surface area contributed by atoms with Gasteiger partial charge >= 0.3 is 25.9 Å². The molecule has 2 unspecified atom stereocenters. The Bertz CT molecular complexity index is 2370. The van der Waals surface area contributed by atoms with E-state index >= 15 is 0 Å². The highest BCUT2D eigenvalue weighted by Crippen LogP contribution is 2.40. The Morgan fingerprint density at radius 2 is 1.72 bits per heavy atom. The molecule has 1 saturated heterocycles. The average molecular weight is 1140 g/mol. The molecule has 0 bridgehead atoms. The summed E-state index contributed by atoms with van der Waals surface area (Å²) in [5.41, 5.74) is 0.285. The van der Waals surface area contributed by atoms with E-state index in [-0.39, 0.29) is 94.5 Å². The van der Waals surface area contributed by atoms with Crippen LogP contribution in [0.5, 0.6) is 5.75 Å². The molecule has 0 radical (unpaired) electrons. The van der Waals surface area contributed by atoms with Gasteiger partial charge in [0.15, 0.2) is 17.6 Å². The number of benzene rings is 1. The molecule has 2 heterocycles. The van der Waals surface area contributed by atoms with Crippen LogP contribution in [0.25, 0.3) is 0 Å². The second-order valence-electron chi connectivity index (χ2n) is 20.4. The third kappa shape index (κ3) is 22.4. The van der Waals surface area contributed by atoms with Crippen LogP contribution in [-0.2, 0) is 49.0 Å². The Morgan fingerprint density at radius 3 is 2.33 bits per heavy atom. The van der Waals surface area contributed by atoms with E-state index < -0.39 is 67.8 Å². The van der Waals surface area contributed by atoms with E-state index in [9.17, 15) is 57.8 Å². The van der Waals surface area contributed by atoms with Crippen molar-refractivity contribution < 1.29 is 71.8 Å². The Balaban J connectivity index is 1.88. The number of likely N-dealkylation sites (tertiary alicyclic amines) is 1. The number of anilines is 1. The lowest BCUT2D eigenvalue weighted by Crippen LogP contribution is -2.48. The van der Waals surface area contributed by atoms with Gasteiger partial charge in [-0.15, -0.1) is 11.3 Å². The summed E-state index contributed by atoms with van der Waals surface area (Å²) in [5, 5.41) is 19.8. The topological polar surface area (TPSA) is 297 Å². The third-order valence-corrected chi connectivity index (χ3v) is 18.1. The number of phosphoric ester groups is 1. The first-order chi connectivity index (χ1) is 35.5. The number of carboxylic acids is 1. The maximum Gasteiger partial charge on any atom is 0.529 e. The Morgan fingerprint density at radius 1 is 1.03 bits per heavy atom. The zero-order chi connectivity index (χ0) is 57.1. The van der Waals surface area contributed by atoms with Crippen molar-refractivity contribution in [1.82, 2.24) is 25.4 Å². The predicted octanol–water partition coefficient (Wildman–Crippen LogP) is 8.19. The number of piperidine rings is 1. The van der Waals surface area contributed by atoms with E-state index in [1.54, 1.807) is 40.6 Å². The summed E-state index contributed by atoms with van der Waals surface area (Å²) in [7, 11) is 3.04. The van der Waals surface area contributed by atoms with Crippen LogP contribution < -0.4 is 20.7 Å². The van der Waals surface area contributed by atoms with E-state index in [0.29, 0.717) is 37.0 Å². The number of hydrogen-bond donors (Lipinski definition) is 6. The minimum absolute atomic E-state index is 0.00445. The van der Waals surface area contributed by atoms with Crippen molar-refractivity contribution in [2.24, 2.45) is 23.7 Å². The molecule has 0 saturated carbocycles. The molecular weight excluding hydrogens is 1060 g/mol. The van der Waals surface area contributed by atoms with Crippen LogP contribution in [0, 0.1) is 23.7 Å². The summed E-state index contributed by atoms with van der Waals surface area (Å²) in [6, 6.07) is 2.54. The van der Waals surface area contributed by atoms with Crippen LogP contribution in [0.15, 0.2) is 23.6 Å². The zero-order valence-electron chi connectivity index (χ0n) is 45.6. The van der Waals surface area contributed by atoms with Gasteiger partial charge in [0.25, 0.3) is 5.91 Å². The van der Waals surface area contributed by atoms with Gasteiger partial charge in [0, 0.05) is 80.6 Å². The molecule has 1 aromatic carbocycles. The minimum atomic E-state index is -5.31. The number of hydrogen-bond acceptors (Lipinski definition) is 17. The Labute approximate surface area is 458 Å². The molecule has 0 spiro atoms. The van der Waals surface area contributed by atoms with Gasteiger partial charge in [0.05, 0.1) is 17.6 Å². The van der Waals surface area contributed by atoms with Crippen LogP contribution in [0.1, 0.15) is 153 Å². The van der Waals surface area contributed by atoms with E-state index in [2.05, 4.69) is 30.4 Å². The largest absolute Gasteiger partial charge is 0.529 e. The van der Waals surface area contributed by atoms with Gasteiger partial charge < -0.3 is 40.0 Å². The lowest BCUT2D eigenvalue weighted by atomic mass is 9.83. The molecule has 426 valence electrons. The number of likely N-dealkylation sites (N-methyl/N-ethyl adjacent to an activating group) is 1. The van der Waals surface area contributed by atoms with Crippen molar-refractivity contribution in [2.75, 3.05) is 38.8 Å². The SMILES string of the molecule is CC[C@H](C)[C@H](CC(=O)C1CCCCN1C)C(=O)N(C)[C@H](C[C@@H](OC(C)=O)c1nc(C(=O)N[C@@H](Cc2ccc(OC(=O)OP(=O)(O)O)c(NC(=O)CCC(C)(C)SSCCCC(=O)NC)c2)CC(C)C(=O)O)cs1)C(C)C. The Kier molecular flexibility index (Phi) is 26.9. The molecule has 25 heteroatoms. The molecular formula is C51H79N6O15PS3.